The van der Waals surface area contributed by atoms with Gasteiger partial charge in [-0.15, -0.1) is 0 Å². The second-order valence-electron chi connectivity index (χ2n) is 5.92. The van der Waals surface area contributed by atoms with Gasteiger partial charge in [-0.05, 0) is 0 Å². The summed E-state index contributed by atoms with van der Waals surface area (Å²) in [6.07, 6.45) is 2.21. The molecule has 0 N–H and O–H groups in total. The molecule has 0 fully saturated rings. The van der Waals surface area contributed by atoms with Crippen LogP contribution < -0.4 is 15.9 Å². The number of hydrogen-bond acceptors (Lipinski definition) is 1. The Morgan fingerprint density at radius 3 is 1.33 bits per heavy atom. The summed E-state index contributed by atoms with van der Waals surface area (Å²) >= 11 is 2.00. The van der Waals surface area contributed by atoms with Crippen LogP contribution in [0.5, 0.6) is 0 Å². The Balaban J connectivity index is 2.20. The fourth-order valence-corrected chi connectivity index (χ4v) is 8.63. The number of halogens is 1. The van der Waals surface area contributed by atoms with Crippen LogP contribution in [0.2, 0.25) is 0 Å². The zero-order valence-corrected chi connectivity index (χ0v) is 16.7. The molecule has 0 aliphatic carbocycles. The van der Waals surface area contributed by atoms with Crippen LogP contribution in [-0.2, 0) is 3.07 Å². The summed E-state index contributed by atoms with van der Waals surface area (Å²) in [4.78, 5) is 0. The molecule has 0 radical (unpaired) electrons. The fourth-order valence-electron chi connectivity index (χ4n) is 3.49. The second kappa shape index (κ2) is 8.75. The van der Waals surface area contributed by atoms with E-state index in [-0.39, 0.29) is 0 Å². The Bertz CT molecular complexity index is 635. The molecule has 0 heterocycles. The minimum absolute atomic E-state index is 0.793. The first kappa shape index (κ1) is 17.6. The van der Waals surface area contributed by atoms with Crippen molar-refractivity contribution in [2.45, 2.75) is 6.42 Å². The predicted molar refractivity (Wildman–Crippen MR) is 116 cm³/mol. The summed E-state index contributed by atoms with van der Waals surface area (Å²) < 4.78 is 5.34. The Morgan fingerprint density at radius 1 is 0.625 bits per heavy atom. The van der Waals surface area contributed by atoms with E-state index in [1.165, 1.54) is 15.9 Å². The van der Waals surface area contributed by atoms with Gasteiger partial charge in [0.25, 0.3) is 0 Å². The molecule has 0 atom stereocenters. The first-order valence-electron chi connectivity index (χ1n) is 8.28. The molecule has 0 aliphatic heterocycles. The quantitative estimate of drug-likeness (QED) is 0.295. The Morgan fingerprint density at radius 2 is 1.00 bits per heavy atom. The SMILES string of the molecule is IOCCC[PH](c1ccccc1)(c1ccccc1)c1ccccc1. The van der Waals surface area contributed by atoms with Crippen LogP contribution in [0.25, 0.3) is 0 Å². The van der Waals surface area contributed by atoms with Crippen LogP contribution in [0.3, 0.4) is 0 Å². The standard InChI is InChI=1S/C21H22IOP/c22-23-17-10-18-24(19-11-4-1-5-12-19,20-13-6-2-7-14-20)21-15-8-3-9-16-21/h1-9,11-16,24H,10,17-18H2. The van der Waals surface area contributed by atoms with E-state index in [0.717, 1.165) is 19.2 Å². The zero-order chi connectivity index (χ0) is 16.7. The van der Waals surface area contributed by atoms with E-state index in [1.54, 1.807) is 0 Å². The summed E-state index contributed by atoms with van der Waals surface area (Å²) in [5.41, 5.74) is 0. The molecule has 124 valence electrons. The van der Waals surface area contributed by atoms with Gasteiger partial charge in [0.15, 0.2) is 0 Å². The topological polar surface area (TPSA) is 9.23 Å². The van der Waals surface area contributed by atoms with Crippen molar-refractivity contribution in [1.29, 1.82) is 0 Å². The van der Waals surface area contributed by atoms with Crippen molar-refractivity contribution in [3.63, 3.8) is 0 Å². The maximum atomic E-state index is 5.34. The van der Waals surface area contributed by atoms with Gasteiger partial charge in [0.1, 0.15) is 0 Å². The molecule has 3 rings (SSSR count). The average Bonchev–Trinajstić information content (AvgIpc) is 2.68. The number of hydrogen-bond donors (Lipinski definition) is 0. The van der Waals surface area contributed by atoms with Crippen LogP contribution in [0, 0.1) is 0 Å². The summed E-state index contributed by atoms with van der Waals surface area (Å²) in [7, 11) is -2.04. The van der Waals surface area contributed by atoms with E-state index >= 15 is 0 Å². The van der Waals surface area contributed by atoms with Crippen molar-refractivity contribution < 1.29 is 3.07 Å². The molecule has 0 bridgehead atoms. The molecule has 0 saturated heterocycles. The van der Waals surface area contributed by atoms with Crippen LogP contribution in [-0.4, -0.2) is 12.8 Å². The maximum absolute atomic E-state index is 5.34. The van der Waals surface area contributed by atoms with Gasteiger partial charge in [-0.1, -0.05) is 0 Å². The molecule has 24 heavy (non-hydrogen) atoms. The molecule has 3 aromatic carbocycles. The summed E-state index contributed by atoms with van der Waals surface area (Å²) in [6, 6.07) is 33.1. The zero-order valence-electron chi connectivity index (χ0n) is 13.6. The van der Waals surface area contributed by atoms with E-state index in [2.05, 4.69) is 91.0 Å². The van der Waals surface area contributed by atoms with Crippen molar-refractivity contribution in [1.82, 2.24) is 0 Å². The van der Waals surface area contributed by atoms with Gasteiger partial charge >= 0.3 is 159 Å². The second-order valence-corrected chi connectivity index (χ2v) is 10.6. The van der Waals surface area contributed by atoms with Gasteiger partial charge in [0.05, 0.1) is 0 Å². The van der Waals surface area contributed by atoms with Gasteiger partial charge in [0.2, 0.25) is 0 Å². The van der Waals surface area contributed by atoms with Crippen molar-refractivity contribution in [2.75, 3.05) is 12.8 Å². The van der Waals surface area contributed by atoms with Crippen molar-refractivity contribution in [3.05, 3.63) is 91.0 Å². The third-order valence-corrected chi connectivity index (χ3v) is 10.1. The van der Waals surface area contributed by atoms with Crippen molar-refractivity contribution in [3.8, 4) is 0 Å². The van der Waals surface area contributed by atoms with Crippen LogP contribution in [0.1, 0.15) is 6.42 Å². The van der Waals surface area contributed by atoms with Crippen LogP contribution in [0.4, 0.5) is 0 Å². The fraction of sp³-hybridized carbons (Fsp3) is 0.143. The van der Waals surface area contributed by atoms with Gasteiger partial charge in [-0.3, -0.25) is 0 Å². The van der Waals surface area contributed by atoms with Crippen LogP contribution >= 0.6 is 30.3 Å². The first-order chi connectivity index (χ1) is 11.9. The summed E-state index contributed by atoms with van der Waals surface area (Å²) in [5, 5.41) is 4.41. The minimum atomic E-state index is -2.04. The molecule has 0 unspecified atom stereocenters. The van der Waals surface area contributed by atoms with Crippen molar-refractivity contribution in [2.24, 2.45) is 0 Å². The normalized spacial score (nSPS) is 12.0. The third kappa shape index (κ3) is 3.72. The van der Waals surface area contributed by atoms with Gasteiger partial charge in [0, 0.05) is 0 Å². The molecule has 3 aromatic rings. The molecule has 0 spiro atoms. The molecule has 0 saturated carbocycles. The molecule has 1 nitrogen and oxygen atoms in total. The summed E-state index contributed by atoms with van der Waals surface area (Å²) in [5.74, 6) is 0. The predicted octanol–water partition coefficient (Wildman–Crippen LogP) is 4.47. The van der Waals surface area contributed by atoms with Gasteiger partial charge in [-0.25, -0.2) is 0 Å². The van der Waals surface area contributed by atoms with Crippen molar-refractivity contribution >= 4 is 46.2 Å². The Kier molecular flexibility index (Phi) is 6.42. The molecule has 0 aliphatic rings. The molecular formula is C21H22IOP. The van der Waals surface area contributed by atoms with E-state index in [4.69, 9.17) is 3.07 Å². The van der Waals surface area contributed by atoms with E-state index < -0.39 is 7.26 Å². The monoisotopic (exact) mass is 448 g/mol. The molecule has 0 aromatic heterocycles. The molecule has 3 heteroatoms. The summed E-state index contributed by atoms with van der Waals surface area (Å²) in [6.45, 7) is 0.793. The molecular weight excluding hydrogens is 426 g/mol. The first-order valence-corrected chi connectivity index (χ1v) is 11.4. The Labute approximate surface area is 159 Å². The number of rotatable bonds is 7. The van der Waals surface area contributed by atoms with E-state index in [1.807, 2.05) is 23.0 Å². The van der Waals surface area contributed by atoms with E-state index in [9.17, 15) is 0 Å². The van der Waals surface area contributed by atoms with Gasteiger partial charge in [-0.2, -0.15) is 0 Å². The third-order valence-electron chi connectivity index (χ3n) is 4.57. The average molecular weight is 448 g/mol. The Hall–Kier alpha value is -1.22. The van der Waals surface area contributed by atoms with Crippen LogP contribution in [0.15, 0.2) is 91.0 Å². The number of benzene rings is 3. The van der Waals surface area contributed by atoms with E-state index in [0.29, 0.717) is 0 Å². The van der Waals surface area contributed by atoms with Gasteiger partial charge < -0.3 is 0 Å². The molecule has 0 amide bonds.